The van der Waals surface area contributed by atoms with E-state index in [4.69, 9.17) is 0 Å². The summed E-state index contributed by atoms with van der Waals surface area (Å²) in [6.45, 7) is 0.450. The molecule has 5 heteroatoms. The third kappa shape index (κ3) is 2.66. The second-order valence-corrected chi connectivity index (χ2v) is 7.59. The molecule has 0 aliphatic heterocycles. The molecule has 0 heterocycles. The highest BCUT2D eigenvalue weighted by Crippen LogP contribution is 2.34. The average molecular weight is 352 g/mol. The topological polar surface area (TPSA) is 46.2 Å². The van der Waals surface area contributed by atoms with Crippen LogP contribution in [0.5, 0.6) is 0 Å². The summed E-state index contributed by atoms with van der Waals surface area (Å²) in [5.41, 5.74) is 2.57. The molecule has 1 aliphatic carbocycles. The Morgan fingerprint density at radius 3 is 2.70 bits per heavy atom. The summed E-state index contributed by atoms with van der Waals surface area (Å²) in [6, 6.07) is 14.9. The van der Waals surface area contributed by atoms with E-state index in [2.05, 4.69) is 32.8 Å². The SMILES string of the molecule is O=S(=O)(NCC1Cc2ccccc21)c1cccc(Br)c1. The Bertz CT molecular complexity index is 743. The van der Waals surface area contributed by atoms with Gasteiger partial charge >= 0.3 is 0 Å². The Hall–Kier alpha value is -1.17. The third-order valence-electron chi connectivity index (χ3n) is 3.59. The van der Waals surface area contributed by atoms with Crippen molar-refractivity contribution in [2.24, 2.45) is 0 Å². The maximum absolute atomic E-state index is 12.2. The van der Waals surface area contributed by atoms with Crippen molar-refractivity contribution in [3.05, 3.63) is 64.1 Å². The van der Waals surface area contributed by atoms with Crippen molar-refractivity contribution in [1.29, 1.82) is 0 Å². The van der Waals surface area contributed by atoms with Gasteiger partial charge in [-0.3, -0.25) is 0 Å². The Morgan fingerprint density at radius 1 is 1.15 bits per heavy atom. The summed E-state index contributed by atoms with van der Waals surface area (Å²) in [6.07, 6.45) is 0.942. The van der Waals surface area contributed by atoms with Gasteiger partial charge in [0.1, 0.15) is 0 Å². The maximum atomic E-state index is 12.2. The monoisotopic (exact) mass is 351 g/mol. The van der Waals surface area contributed by atoms with Crippen molar-refractivity contribution in [3.63, 3.8) is 0 Å². The minimum Gasteiger partial charge on any atom is -0.211 e. The molecule has 0 radical (unpaired) electrons. The lowest BCUT2D eigenvalue weighted by Crippen LogP contribution is -2.33. The average Bonchev–Trinajstić information content (AvgIpc) is 2.40. The van der Waals surface area contributed by atoms with Crippen LogP contribution in [-0.2, 0) is 16.4 Å². The van der Waals surface area contributed by atoms with Crippen LogP contribution >= 0.6 is 15.9 Å². The van der Waals surface area contributed by atoms with Crippen LogP contribution in [0.4, 0.5) is 0 Å². The molecule has 104 valence electrons. The van der Waals surface area contributed by atoms with Crippen LogP contribution in [0.15, 0.2) is 57.9 Å². The summed E-state index contributed by atoms with van der Waals surface area (Å²) < 4.78 is 27.9. The van der Waals surface area contributed by atoms with Crippen LogP contribution in [0.2, 0.25) is 0 Å². The molecule has 0 saturated heterocycles. The molecule has 1 atom stereocenters. The van der Waals surface area contributed by atoms with Gasteiger partial charge in [-0.05, 0) is 35.7 Å². The zero-order chi connectivity index (χ0) is 14.2. The molecule has 1 unspecified atom stereocenters. The summed E-state index contributed by atoms with van der Waals surface area (Å²) in [5, 5.41) is 0. The lowest BCUT2D eigenvalue weighted by atomic mass is 9.78. The van der Waals surface area contributed by atoms with E-state index in [1.54, 1.807) is 24.3 Å². The van der Waals surface area contributed by atoms with Gasteiger partial charge in [0.2, 0.25) is 10.0 Å². The molecule has 0 amide bonds. The second kappa shape index (κ2) is 5.31. The van der Waals surface area contributed by atoms with Crippen molar-refractivity contribution in [3.8, 4) is 0 Å². The lowest BCUT2D eigenvalue weighted by molar-refractivity contribution is 0.552. The molecular weight excluding hydrogens is 338 g/mol. The summed E-state index contributed by atoms with van der Waals surface area (Å²) >= 11 is 3.29. The smallest absolute Gasteiger partial charge is 0.211 e. The molecule has 20 heavy (non-hydrogen) atoms. The van der Waals surface area contributed by atoms with Gasteiger partial charge in [-0.2, -0.15) is 0 Å². The Morgan fingerprint density at radius 2 is 1.95 bits per heavy atom. The quantitative estimate of drug-likeness (QED) is 0.919. The zero-order valence-electron chi connectivity index (χ0n) is 10.7. The predicted octanol–water partition coefficient (Wildman–Crippen LogP) is 3.07. The van der Waals surface area contributed by atoms with Crippen LogP contribution in [0.3, 0.4) is 0 Å². The van der Waals surface area contributed by atoms with Gasteiger partial charge in [-0.1, -0.05) is 46.3 Å². The van der Waals surface area contributed by atoms with E-state index in [9.17, 15) is 8.42 Å². The van der Waals surface area contributed by atoms with Gasteiger partial charge in [-0.25, -0.2) is 13.1 Å². The molecule has 0 bridgehead atoms. The van der Waals surface area contributed by atoms with Gasteiger partial charge < -0.3 is 0 Å². The number of sulfonamides is 1. The number of benzene rings is 2. The second-order valence-electron chi connectivity index (χ2n) is 4.91. The van der Waals surface area contributed by atoms with Gasteiger partial charge in [0.25, 0.3) is 0 Å². The number of halogens is 1. The van der Waals surface area contributed by atoms with E-state index >= 15 is 0 Å². The fraction of sp³-hybridized carbons (Fsp3) is 0.200. The molecular formula is C15H14BrNO2S. The summed E-state index contributed by atoms with van der Waals surface area (Å²) in [7, 11) is -3.44. The fourth-order valence-corrected chi connectivity index (χ4v) is 4.15. The largest absolute Gasteiger partial charge is 0.240 e. The van der Waals surface area contributed by atoms with Crippen LogP contribution in [0, 0.1) is 0 Å². The van der Waals surface area contributed by atoms with Crippen molar-refractivity contribution in [1.82, 2.24) is 4.72 Å². The summed E-state index contributed by atoms with van der Waals surface area (Å²) in [5.74, 6) is 0.285. The molecule has 3 rings (SSSR count). The molecule has 0 spiro atoms. The van der Waals surface area contributed by atoms with Gasteiger partial charge in [0.05, 0.1) is 4.90 Å². The molecule has 2 aromatic rings. The van der Waals surface area contributed by atoms with E-state index in [1.165, 1.54) is 11.1 Å². The molecule has 0 saturated carbocycles. The number of nitrogens with one attached hydrogen (secondary N) is 1. The van der Waals surface area contributed by atoms with Gasteiger partial charge in [0.15, 0.2) is 0 Å². The van der Waals surface area contributed by atoms with Crippen LogP contribution < -0.4 is 4.72 Å². The minimum atomic E-state index is -3.44. The maximum Gasteiger partial charge on any atom is 0.240 e. The molecule has 1 N–H and O–H groups in total. The van der Waals surface area contributed by atoms with E-state index < -0.39 is 10.0 Å². The number of hydrogen-bond acceptors (Lipinski definition) is 2. The van der Waals surface area contributed by atoms with Gasteiger partial charge in [0, 0.05) is 16.9 Å². The van der Waals surface area contributed by atoms with Crippen molar-refractivity contribution in [2.45, 2.75) is 17.2 Å². The van der Waals surface area contributed by atoms with E-state index in [0.29, 0.717) is 11.4 Å². The van der Waals surface area contributed by atoms with E-state index in [-0.39, 0.29) is 5.92 Å². The first-order chi connectivity index (χ1) is 9.56. The first-order valence-electron chi connectivity index (χ1n) is 6.39. The highest BCUT2D eigenvalue weighted by Gasteiger charge is 2.27. The third-order valence-corrected chi connectivity index (χ3v) is 5.50. The first-order valence-corrected chi connectivity index (χ1v) is 8.67. The summed E-state index contributed by atoms with van der Waals surface area (Å²) in [4.78, 5) is 0.291. The fourth-order valence-electron chi connectivity index (χ4n) is 2.47. The standard InChI is InChI=1S/C15H14BrNO2S/c16-13-5-3-6-14(9-13)20(18,19)17-10-12-8-11-4-1-2-7-15(11)12/h1-7,9,12,17H,8,10H2. The van der Waals surface area contributed by atoms with Crippen LogP contribution in [0.25, 0.3) is 0 Å². The van der Waals surface area contributed by atoms with Crippen molar-refractivity contribution >= 4 is 26.0 Å². The Kier molecular flexibility index (Phi) is 3.67. The molecule has 0 fully saturated rings. The Labute approximate surface area is 127 Å². The zero-order valence-corrected chi connectivity index (χ0v) is 13.1. The van der Waals surface area contributed by atoms with Crippen LogP contribution in [-0.4, -0.2) is 15.0 Å². The molecule has 0 aromatic heterocycles. The highest BCUT2D eigenvalue weighted by molar-refractivity contribution is 9.10. The molecule has 3 nitrogen and oxygen atoms in total. The first kappa shape index (κ1) is 13.8. The van der Waals surface area contributed by atoms with Crippen LogP contribution in [0.1, 0.15) is 17.0 Å². The normalized spacial score (nSPS) is 17.4. The minimum absolute atomic E-state index is 0.285. The predicted molar refractivity (Wildman–Crippen MR) is 82.2 cm³/mol. The number of fused-ring (bicyclic) bond motifs is 1. The van der Waals surface area contributed by atoms with Gasteiger partial charge in [-0.15, -0.1) is 0 Å². The molecule has 2 aromatic carbocycles. The molecule has 1 aliphatic rings. The number of hydrogen-bond donors (Lipinski definition) is 1. The number of rotatable bonds is 4. The van der Waals surface area contributed by atoms with Crippen molar-refractivity contribution in [2.75, 3.05) is 6.54 Å². The van der Waals surface area contributed by atoms with Crippen molar-refractivity contribution < 1.29 is 8.42 Å². The highest BCUT2D eigenvalue weighted by atomic mass is 79.9. The lowest BCUT2D eigenvalue weighted by Gasteiger charge is -2.30. The van der Waals surface area contributed by atoms with E-state index in [0.717, 1.165) is 10.9 Å². The Balaban J connectivity index is 1.70. The van der Waals surface area contributed by atoms with E-state index in [1.807, 2.05) is 12.1 Å².